The summed E-state index contributed by atoms with van der Waals surface area (Å²) in [5, 5.41) is 10.6. The van der Waals surface area contributed by atoms with Gasteiger partial charge in [0.15, 0.2) is 0 Å². The van der Waals surface area contributed by atoms with Gasteiger partial charge in [-0.05, 0) is 33.4 Å². The van der Waals surface area contributed by atoms with Gasteiger partial charge in [-0.1, -0.05) is 0 Å². The topological polar surface area (TPSA) is 113 Å². The molecule has 0 radical (unpaired) electrons. The number of rotatable bonds is 9. The van der Waals surface area contributed by atoms with Crippen LogP contribution in [0.2, 0.25) is 0 Å². The van der Waals surface area contributed by atoms with Crippen LogP contribution in [0.25, 0.3) is 0 Å². The van der Waals surface area contributed by atoms with Gasteiger partial charge in [-0.2, -0.15) is 0 Å². The van der Waals surface area contributed by atoms with Crippen molar-refractivity contribution >= 4 is 18.2 Å². The molecular formula is C13H27N3O4. The van der Waals surface area contributed by atoms with Gasteiger partial charge in [0.05, 0.1) is 12.5 Å². The van der Waals surface area contributed by atoms with Crippen LogP contribution in [0.4, 0.5) is 0 Å². The lowest BCUT2D eigenvalue weighted by atomic mass is 10.1. The molecule has 0 aromatic heterocycles. The second-order valence-electron chi connectivity index (χ2n) is 4.58. The Morgan fingerprint density at radius 2 is 1.95 bits per heavy atom. The number of carbonyl (C=O) groups excluding carboxylic acids is 2. The number of nitrogens with two attached hydrogens (primary N) is 1. The summed E-state index contributed by atoms with van der Waals surface area (Å²) >= 11 is 0. The molecule has 0 saturated heterocycles. The van der Waals surface area contributed by atoms with Crippen LogP contribution < -0.4 is 11.1 Å². The molecule has 0 spiro atoms. The molecule has 0 aromatic rings. The molecule has 0 heterocycles. The predicted octanol–water partition coefficient (Wildman–Crippen LogP) is -0.158. The highest BCUT2D eigenvalue weighted by Gasteiger charge is 2.08. The van der Waals surface area contributed by atoms with Gasteiger partial charge in [0.25, 0.3) is 0 Å². The normalized spacial score (nSPS) is 11.2. The Kier molecular flexibility index (Phi) is 14.5. The van der Waals surface area contributed by atoms with E-state index in [4.69, 9.17) is 10.8 Å². The smallest absolute Gasteiger partial charge is 0.304 e. The molecule has 7 heteroatoms. The van der Waals surface area contributed by atoms with Crippen LogP contribution in [-0.4, -0.2) is 61.4 Å². The van der Waals surface area contributed by atoms with E-state index in [-0.39, 0.29) is 24.9 Å². The number of aldehydes is 1. The number of amides is 1. The summed E-state index contributed by atoms with van der Waals surface area (Å²) in [4.78, 5) is 32.6. The first-order valence-corrected chi connectivity index (χ1v) is 6.63. The van der Waals surface area contributed by atoms with Crippen LogP contribution in [0.5, 0.6) is 0 Å². The lowest BCUT2D eigenvalue weighted by Crippen LogP contribution is -2.29. The number of carbonyl (C=O) groups is 3. The van der Waals surface area contributed by atoms with E-state index in [0.29, 0.717) is 6.54 Å². The third-order valence-corrected chi connectivity index (χ3v) is 2.48. The van der Waals surface area contributed by atoms with Gasteiger partial charge in [-0.25, -0.2) is 0 Å². The number of nitrogens with zero attached hydrogens (tertiary/aromatic N) is 1. The number of aliphatic carboxylic acids is 1. The average Bonchev–Trinajstić information content (AvgIpc) is 2.33. The summed E-state index contributed by atoms with van der Waals surface area (Å²) < 4.78 is 0. The first-order chi connectivity index (χ1) is 9.34. The van der Waals surface area contributed by atoms with Gasteiger partial charge >= 0.3 is 5.97 Å². The monoisotopic (exact) mass is 293 g/mol. The molecule has 0 aromatic carbocycles. The zero-order chi connectivity index (χ0) is 16.0. The maximum absolute atomic E-state index is 10.6. The van der Waals surface area contributed by atoms with Crippen LogP contribution >= 0.6 is 0 Å². The molecule has 0 aliphatic heterocycles. The zero-order valence-electron chi connectivity index (χ0n) is 12.6. The summed E-state index contributed by atoms with van der Waals surface area (Å²) in [6, 6.07) is 0.00679. The highest BCUT2D eigenvalue weighted by molar-refractivity contribution is 5.72. The number of nitrogens with one attached hydrogen (secondary N) is 1. The zero-order valence-corrected chi connectivity index (χ0v) is 12.6. The quantitative estimate of drug-likeness (QED) is 0.236. The van der Waals surface area contributed by atoms with E-state index in [0.717, 1.165) is 25.5 Å². The Bertz CT molecular complexity index is 283. The second-order valence-corrected chi connectivity index (χ2v) is 4.58. The fourth-order valence-electron chi connectivity index (χ4n) is 1.31. The molecule has 7 nitrogen and oxygen atoms in total. The minimum Gasteiger partial charge on any atom is -0.481 e. The largest absolute Gasteiger partial charge is 0.481 e. The van der Waals surface area contributed by atoms with Gasteiger partial charge in [-0.3, -0.25) is 9.59 Å². The van der Waals surface area contributed by atoms with Gasteiger partial charge < -0.3 is 25.9 Å². The van der Waals surface area contributed by atoms with Crippen molar-refractivity contribution in [1.29, 1.82) is 0 Å². The van der Waals surface area contributed by atoms with E-state index < -0.39 is 5.97 Å². The van der Waals surface area contributed by atoms with Crippen molar-refractivity contribution in [3.8, 4) is 0 Å². The summed E-state index contributed by atoms with van der Waals surface area (Å²) in [6.45, 7) is 2.44. The summed E-state index contributed by atoms with van der Waals surface area (Å²) in [5.74, 6) is -0.831. The standard InChI is InChI=1S/C10H20N2O2.C3H7NO2/c1-9(14)11-7-5-4-6-10(8-13)12(2)3;4-2-1-3(5)6/h8,10H,4-7H2,1-3H3,(H,11,14);1-2,4H2,(H,5,6)/i2+1,9+1;2+1,4+1. The number of hydrogen-bond acceptors (Lipinski definition) is 5. The molecule has 1 atom stereocenters. The van der Waals surface area contributed by atoms with Crippen LogP contribution in [0.3, 0.4) is 0 Å². The molecular weight excluding hydrogens is 266 g/mol. The van der Waals surface area contributed by atoms with E-state index in [1.54, 1.807) is 0 Å². The number of hydrogen-bond donors (Lipinski definition) is 3. The van der Waals surface area contributed by atoms with Crippen molar-refractivity contribution in [2.24, 2.45) is 5.73 Å². The van der Waals surface area contributed by atoms with Crippen LogP contribution in [-0.2, 0) is 14.4 Å². The maximum atomic E-state index is 10.6. The molecule has 0 aliphatic rings. The van der Waals surface area contributed by atoms with E-state index in [2.05, 4.69) is 5.32 Å². The first kappa shape index (κ1) is 20.8. The Morgan fingerprint density at radius 1 is 1.35 bits per heavy atom. The van der Waals surface area contributed by atoms with Crippen molar-refractivity contribution in [3.63, 3.8) is 0 Å². The average molecular weight is 293 g/mol. The lowest BCUT2D eigenvalue weighted by molar-refractivity contribution is -0.136. The summed E-state index contributed by atoms with van der Waals surface area (Å²) in [7, 11) is 3.79. The molecule has 4 N–H and O–H groups in total. The minimum atomic E-state index is -0.836. The molecule has 0 saturated carbocycles. The van der Waals surface area contributed by atoms with E-state index in [9.17, 15) is 14.4 Å². The highest BCUT2D eigenvalue weighted by Crippen LogP contribution is 2.02. The number of unbranched alkanes of at least 4 members (excludes halogenated alkanes) is 1. The van der Waals surface area contributed by atoms with Crippen molar-refractivity contribution in [2.45, 2.75) is 38.6 Å². The Hall–Kier alpha value is -1.47. The molecule has 0 fully saturated rings. The maximum Gasteiger partial charge on any atom is 0.304 e. The molecule has 0 aliphatic carbocycles. The fourth-order valence-corrected chi connectivity index (χ4v) is 1.31. The lowest BCUT2D eigenvalue weighted by Gasteiger charge is -2.17. The molecule has 20 heavy (non-hydrogen) atoms. The van der Waals surface area contributed by atoms with Gasteiger partial charge in [0, 0.05) is 20.0 Å². The van der Waals surface area contributed by atoms with Gasteiger partial charge in [0.1, 0.15) is 6.29 Å². The van der Waals surface area contributed by atoms with Crippen LogP contribution in [0.1, 0.15) is 32.6 Å². The third-order valence-electron chi connectivity index (χ3n) is 2.48. The third kappa shape index (κ3) is 16.5. The minimum absolute atomic E-state index is 0.00421. The van der Waals surface area contributed by atoms with Crippen LogP contribution in [0.15, 0.2) is 0 Å². The van der Waals surface area contributed by atoms with E-state index in [1.165, 1.54) is 6.92 Å². The Balaban J connectivity index is 0. The summed E-state index contributed by atoms with van der Waals surface area (Å²) in [5.41, 5.74) is 4.85. The molecule has 0 bridgehead atoms. The van der Waals surface area contributed by atoms with E-state index >= 15 is 0 Å². The summed E-state index contributed by atoms with van der Waals surface area (Å²) in [6.07, 6.45) is 3.79. The van der Waals surface area contributed by atoms with Crippen molar-refractivity contribution < 1.29 is 19.5 Å². The van der Waals surface area contributed by atoms with E-state index in [1.807, 2.05) is 19.0 Å². The Labute approximate surface area is 120 Å². The molecule has 1 amide bonds. The predicted molar refractivity (Wildman–Crippen MR) is 77.4 cm³/mol. The fraction of sp³-hybridized carbons (Fsp3) is 0.769. The number of carboxylic acids is 1. The van der Waals surface area contributed by atoms with Gasteiger partial charge in [-0.15, -0.1) is 0 Å². The van der Waals surface area contributed by atoms with Gasteiger partial charge in [0.2, 0.25) is 5.91 Å². The SMILES string of the molecule is C[13C](=O)NCCCCC(C=O)N(C)[13CH3].[15NH2][13CH2]CC(=O)O. The first-order valence-electron chi connectivity index (χ1n) is 6.63. The van der Waals surface area contributed by atoms with Crippen molar-refractivity contribution in [1.82, 2.24) is 10.2 Å². The molecule has 1 unspecified atom stereocenters. The second kappa shape index (κ2) is 14.0. The number of likely N-dealkylation sites (N-methyl/N-ethyl adjacent to an activating group) is 1. The highest BCUT2D eigenvalue weighted by atomic mass is 16.4. The Morgan fingerprint density at radius 3 is 2.25 bits per heavy atom. The number of carboxylic acid groups (broad SMARTS) is 1. The van der Waals surface area contributed by atoms with Crippen molar-refractivity contribution in [2.75, 3.05) is 27.2 Å². The molecule has 118 valence electrons. The van der Waals surface area contributed by atoms with Crippen LogP contribution in [0, 0.1) is 0 Å². The van der Waals surface area contributed by atoms with Crippen molar-refractivity contribution in [3.05, 3.63) is 0 Å². The molecule has 0 rings (SSSR count).